The van der Waals surface area contributed by atoms with E-state index in [2.05, 4.69) is 49.8 Å². The van der Waals surface area contributed by atoms with Crippen molar-refractivity contribution in [3.63, 3.8) is 0 Å². The summed E-state index contributed by atoms with van der Waals surface area (Å²) in [7, 11) is -0.429. The first-order valence-electron chi connectivity index (χ1n) is 7.28. The summed E-state index contributed by atoms with van der Waals surface area (Å²) in [5, 5.41) is 11.2. The van der Waals surface area contributed by atoms with Gasteiger partial charge in [-0.3, -0.25) is 10.1 Å². The van der Waals surface area contributed by atoms with E-state index in [4.69, 9.17) is 13.9 Å². The maximum Gasteiger partial charge on any atom is 0.314 e. The first-order chi connectivity index (χ1) is 10.5. The molecule has 0 radical (unpaired) electrons. The molecular formula is C15H24BrNO5Si. The summed E-state index contributed by atoms with van der Waals surface area (Å²) in [6.07, 6.45) is 0. The van der Waals surface area contributed by atoms with Crippen molar-refractivity contribution in [1.29, 1.82) is 0 Å². The van der Waals surface area contributed by atoms with Crippen LogP contribution < -0.4 is 9.47 Å². The Morgan fingerprint density at radius 2 is 1.83 bits per heavy atom. The van der Waals surface area contributed by atoms with Crippen molar-refractivity contribution < 1.29 is 18.8 Å². The fraction of sp³-hybridized carbons (Fsp3) is 0.600. The predicted molar refractivity (Wildman–Crippen MR) is 96.0 cm³/mol. The highest BCUT2D eigenvalue weighted by molar-refractivity contribution is 9.10. The molecule has 0 fully saturated rings. The monoisotopic (exact) mass is 405 g/mol. The maximum absolute atomic E-state index is 11.1. The summed E-state index contributed by atoms with van der Waals surface area (Å²) in [5.74, 6) is 0.586. The Balaban J connectivity index is 2.72. The van der Waals surface area contributed by atoms with Crippen molar-refractivity contribution in [2.45, 2.75) is 38.9 Å². The summed E-state index contributed by atoms with van der Waals surface area (Å²) in [6, 6.07) is 2.89. The van der Waals surface area contributed by atoms with Gasteiger partial charge in [-0.1, -0.05) is 20.8 Å². The molecule has 0 aromatic heterocycles. The number of benzene rings is 1. The molecule has 130 valence electrons. The van der Waals surface area contributed by atoms with E-state index in [1.807, 2.05) is 0 Å². The number of ether oxygens (including phenoxy) is 2. The van der Waals surface area contributed by atoms with Gasteiger partial charge in [0.15, 0.2) is 14.1 Å². The van der Waals surface area contributed by atoms with Crippen molar-refractivity contribution >= 4 is 29.9 Å². The van der Waals surface area contributed by atoms with Gasteiger partial charge in [0.2, 0.25) is 0 Å². The van der Waals surface area contributed by atoms with Crippen molar-refractivity contribution in [1.82, 2.24) is 0 Å². The van der Waals surface area contributed by atoms with Crippen LogP contribution in [0.2, 0.25) is 18.1 Å². The zero-order valence-corrected chi connectivity index (χ0v) is 17.0. The molecule has 0 bridgehead atoms. The van der Waals surface area contributed by atoms with E-state index in [1.54, 1.807) is 0 Å². The summed E-state index contributed by atoms with van der Waals surface area (Å²) >= 11 is 3.33. The molecule has 0 saturated heterocycles. The van der Waals surface area contributed by atoms with Crippen LogP contribution in [0.15, 0.2) is 16.6 Å². The summed E-state index contributed by atoms with van der Waals surface area (Å²) < 4.78 is 17.3. The quantitative estimate of drug-likeness (QED) is 0.282. The number of hydrogen-bond donors (Lipinski definition) is 0. The average Bonchev–Trinajstić information content (AvgIpc) is 2.42. The van der Waals surface area contributed by atoms with Crippen molar-refractivity contribution in [3.05, 3.63) is 26.7 Å². The minimum absolute atomic E-state index is 0.129. The molecule has 0 heterocycles. The molecule has 23 heavy (non-hydrogen) atoms. The Kier molecular flexibility index (Phi) is 6.61. The van der Waals surface area contributed by atoms with E-state index in [9.17, 15) is 10.1 Å². The molecule has 0 unspecified atom stereocenters. The highest BCUT2D eigenvalue weighted by atomic mass is 79.9. The molecule has 0 atom stereocenters. The van der Waals surface area contributed by atoms with Crippen LogP contribution in [0.4, 0.5) is 5.69 Å². The lowest BCUT2D eigenvalue weighted by atomic mass is 10.2. The smallest absolute Gasteiger partial charge is 0.314 e. The standard InChI is InChI=1S/C15H24BrNO5Si/c1-15(2,3)23(5,6)22-8-7-21-13-10-12(17(18)19)14(20-4)9-11(13)16/h9-10H,7-8H2,1-6H3. The van der Waals surface area contributed by atoms with E-state index < -0.39 is 13.2 Å². The third kappa shape index (κ3) is 5.19. The molecule has 0 saturated carbocycles. The molecule has 1 aromatic carbocycles. The van der Waals surface area contributed by atoms with E-state index in [1.165, 1.54) is 19.2 Å². The van der Waals surface area contributed by atoms with E-state index in [-0.39, 0.29) is 16.5 Å². The number of methoxy groups -OCH3 is 1. The molecule has 6 nitrogen and oxygen atoms in total. The lowest BCUT2D eigenvalue weighted by Gasteiger charge is -2.36. The molecule has 0 spiro atoms. The number of hydrogen-bond acceptors (Lipinski definition) is 5. The SMILES string of the molecule is COc1cc(Br)c(OCCO[Si](C)(C)C(C)(C)C)cc1[N+](=O)[O-]. The van der Waals surface area contributed by atoms with Crippen LogP contribution in [0.5, 0.6) is 11.5 Å². The first kappa shape index (κ1) is 19.9. The van der Waals surface area contributed by atoms with Gasteiger partial charge in [-0.25, -0.2) is 0 Å². The second kappa shape index (κ2) is 7.63. The van der Waals surface area contributed by atoms with Gasteiger partial charge < -0.3 is 13.9 Å². The normalized spacial score (nSPS) is 12.1. The van der Waals surface area contributed by atoms with Gasteiger partial charge >= 0.3 is 5.69 Å². The van der Waals surface area contributed by atoms with Gasteiger partial charge in [0.25, 0.3) is 0 Å². The lowest BCUT2D eigenvalue weighted by molar-refractivity contribution is -0.385. The maximum atomic E-state index is 11.1. The van der Waals surface area contributed by atoms with Crippen molar-refractivity contribution in [3.8, 4) is 11.5 Å². The number of rotatable bonds is 7. The Bertz CT molecular complexity index is 572. The van der Waals surface area contributed by atoms with Crippen LogP contribution >= 0.6 is 15.9 Å². The first-order valence-corrected chi connectivity index (χ1v) is 11.0. The summed E-state index contributed by atoms with van der Waals surface area (Å²) in [4.78, 5) is 10.6. The Labute approximate surface area is 146 Å². The van der Waals surface area contributed by atoms with Gasteiger partial charge in [0, 0.05) is 6.07 Å². The molecule has 0 amide bonds. The Morgan fingerprint density at radius 3 is 2.30 bits per heavy atom. The zero-order valence-electron chi connectivity index (χ0n) is 14.4. The molecule has 0 N–H and O–H groups in total. The number of nitro groups is 1. The number of nitrogens with zero attached hydrogens (tertiary/aromatic N) is 1. The fourth-order valence-electron chi connectivity index (χ4n) is 1.61. The second-order valence-corrected chi connectivity index (χ2v) is 12.3. The molecule has 0 aliphatic carbocycles. The van der Waals surface area contributed by atoms with Gasteiger partial charge in [-0.15, -0.1) is 0 Å². The average molecular weight is 406 g/mol. The van der Waals surface area contributed by atoms with Crippen LogP contribution in [0.1, 0.15) is 20.8 Å². The highest BCUT2D eigenvalue weighted by Crippen LogP contribution is 2.38. The summed E-state index contributed by atoms with van der Waals surface area (Å²) in [5.41, 5.74) is -0.129. The minimum atomic E-state index is -1.82. The topological polar surface area (TPSA) is 70.8 Å². The largest absolute Gasteiger partial charge is 0.490 e. The van der Waals surface area contributed by atoms with Crippen LogP contribution in [0, 0.1) is 10.1 Å². The van der Waals surface area contributed by atoms with E-state index in [0.29, 0.717) is 23.4 Å². The minimum Gasteiger partial charge on any atom is -0.490 e. The fourth-order valence-corrected chi connectivity index (χ4v) is 3.07. The van der Waals surface area contributed by atoms with Gasteiger partial charge in [-0.05, 0) is 34.1 Å². The van der Waals surface area contributed by atoms with Crippen LogP contribution in [0.25, 0.3) is 0 Å². The predicted octanol–water partition coefficient (Wildman–Crippen LogP) is 4.77. The van der Waals surface area contributed by atoms with Crippen molar-refractivity contribution in [2.24, 2.45) is 0 Å². The molecular weight excluding hydrogens is 382 g/mol. The second-order valence-electron chi connectivity index (χ2n) is 6.67. The Morgan fingerprint density at radius 1 is 1.22 bits per heavy atom. The molecule has 1 aromatic rings. The van der Waals surface area contributed by atoms with Gasteiger partial charge in [-0.2, -0.15) is 0 Å². The third-order valence-electron chi connectivity index (χ3n) is 4.04. The zero-order chi connectivity index (χ0) is 17.8. The number of halogens is 1. The lowest BCUT2D eigenvalue weighted by Crippen LogP contribution is -2.41. The third-order valence-corrected chi connectivity index (χ3v) is 9.20. The van der Waals surface area contributed by atoms with Crippen LogP contribution in [-0.2, 0) is 4.43 Å². The summed E-state index contributed by atoms with van der Waals surface area (Å²) in [6.45, 7) is 11.6. The molecule has 8 heteroatoms. The van der Waals surface area contributed by atoms with E-state index in [0.717, 1.165) is 0 Å². The number of nitro benzene ring substituents is 1. The highest BCUT2D eigenvalue weighted by Gasteiger charge is 2.36. The van der Waals surface area contributed by atoms with Gasteiger partial charge in [0.05, 0.1) is 29.2 Å². The van der Waals surface area contributed by atoms with Gasteiger partial charge in [0.1, 0.15) is 12.4 Å². The molecule has 0 aliphatic rings. The van der Waals surface area contributed by atoms with Crippen LogP contribution in [-0.4, -0.2) is 33.6 Å². The molecule has 1 rings (SSSR count). The van der Waals surface area contributed by atoms with Crippen molar-refractivity contribution in [2.75, 3.05) is 20.3 Å². The molecule has 0 aliphatic heterocycles. The van der Waals surface area contributed by atoms with Crippen LogP contribution in [0.3, 0.4) is 0 Å². The van der Waals surface area contributed by atoms with E-state index >= 15 is 0 Å². The Hall–Kier alpha value is -1.12.